The Kier molecular flexibility index (Phi) is 4.65. The maximum Gasteiger partial charge on any atom is 0.269 e. The molecule has 1 aromatic rings. The van der Waals surface area contributed by atoms with Crippen LogP contribution in [0.25, 0.3) is 0 Å². The smallest absolute Gasteiger partial charge is 0.269 e. The summed E-state index contributed by atoms with van der Waals surface area (Å²) in [6, 6.07) is 6.21. The third kappa shape index (κ3) is 3.75. The van der Waals surface area contributed by atoms with E-state index in [2.05, 4.69) is 10.6 Å². The summed E-state index contributed by atoms with van der Waals surface area (Å²) in [4.78, 5) is 24.0. The van der Waals surface area contributed by atoms with Crippen LogP contribution in [-0.2, 0) is 4.79 Å². The van der Waals surface area contributed by atoms with Crippen molar-refractivity contribution in [1.29, 1.82) is 0 Å². The summed E-state index contributed by atoms with van der Waals surface area (Å²) in [6.07, 6.45) is 1.04. The summed E-state index contributed by atoms with van der Waals surface area (Å²) in [6.45, 7) is 2.20. The minimum atomic E-state index is -0.466. The van der Waals surface area contributed by atoms with Gasteiger partial charge in [-0.3, -0.25) is 19.8 Å². The van der Waals surface area contributed by atoms with E-state index in [1.54, 1.807) is 0 Å². The summed E-state index contributed by atoms with van der Waals surface area (Å²) in [5, 5.41) is 16.5. The highest BCUT2D eigenvalue weighted by atomic mass is 16.6. The van der Waals surface area contributed by atoms with Gasteiger partial charge >= 0.3 is 0 Å². The van der Waals surface area contributed by atoms with Gasteiger partial charge in [-0.1, -0.05) is 0 Å². The van der Waals surface area contributed by atoms with E-state index in [0.29, 0.717) is 18.3 Å². The Morgan fingerprint density at radius 3 is 2.75 bits per heavy atom. The van der Waals surface area contributed by atoms with Crippen molar-refractivity contribution >= 4 is 17.3 Å². The SMILES string of the molecule is CN(CC(=O)Nc1ccc([N+](=O)[O-])cc1)C1CCNC1. The lowest BCUT2D eigenvalue weighted by atomic mass is 10.2. The average molecular weight is 278 g/mol. The van der Waals surface area contributed by atoms with E-state index in [-0.39, 0.29) is 11.6 Å². The second-order valence-corrected chi connectivity index (χ2v) is 4.91. The number of non-ortho nitro benzene ring substituents is 1. The van der Waals surface area contributed by atoms with Crippen LogP contribution in [0.4, 0.5) is 11.4 Å². The van der Waals surface area contributed by atoms with Crippen LogP contribution in [0.2, 0.25) is 0 Å². The zero-order valence-corrected chi connectivity index (χ0v) is 11.3. The number of nitro benzene ring substituents is 1. The lowest BCUT2D eigenvalue weighted by molar-refractivity contribution is -0.384. The molecule has 20 heavy (non-hydrogen) atoms. The number of rotatable bonds is 5. The van der Waals surface area contributed by atoms with E-state index in [4.69, 9.17) is 0 Å². The maximum absolute atomic E-state index is 11.9. The Hall–Kier alpha value is -1.99. The van der Waals surface area contributed by atoms with Crippen LogP contribution in [0.1, 0.15) is 6.42 Å². The molecule has 1 unspecified atom stereocenters. The third-order valence-electron chi connectivity index (χ3n) is 3.41. The fraction of sp³-hybridized carbons (Fsp3) is 0.462. The van der Waals surface area contributed by atoms with Gasteiger partial charge in [0, 0.05) is 30.4 Å². The van der Waals surface area contributed by atoms with Crippen LogP contribution in [0.5, 0.6) is 0 Å². The second-order valence-electron chi connectivity index (χ2n) is 4.91. The minimum absolute atomic E-state index is 0.0112. The van der Waals surface area contributed by atoms with Crippen LogP contribution in [0.15, 0.2) is 24.3 Å². The summed E-state index contributed by atoms with van der Waals surface area (Å²) in [5.74, 6) is -0.117. The zero-order valence-electron chi connectivity index (χ0n) is 11.3. The van der Waals surface area contributed by atoms with Crippen molar-refractivity contribution < 1.29 is 9.72 Å². The van der Waals surface area contributed by atoms with Crippen molar-refractivity contribution in [2.24, 2.45) is 0 Å². The zero-order chi connectivity index (χ0) is 14.5. The van der Waals surface area contributed by atoms with Crippen LogP contribution in [0, 0.1) is 10.1 Å². The Bertz CT molecular complexity index is 483. The van der Waals surface area contributed by atoms with Gasteiger partial charge in [0.25, 0.3) is 5.69 Å². The van der Waals surface area contributed by atoms with Crippen molar-refractivity contribution in [3.63, 3.8) is 0 Å². The Balaban J connectivity index is 1.85. The first kappa shape index (κ1) is 14.4. The van der Waals surface area contributed by atoms with Crippen molar-refractivity contribution in [1.82, 2.24) is 10.2 Å². The molecule has 1 aromatic carbocycles. The molecule has 7 heteroatoms. The first-order chi connectivity index (χ1) is 9.56. The van der Waals surface area contributed by atoms with Crippen LogP contribution in [0.3, 0.4) is 0 Å². The lowest BCUT2D eigenvalue weighted by Crippen LogP contribution is -2.39. The van der Waals surface area contributed by atoms with E-state index in [0.717, 1.165) is 19.5 Å². The van der Waals surface area contributed by atoms with E-state index in [1.807, 2.05) is 11.9 Å². The van der Waals surface area contributed by atoms with Gasteiger partial charge < -0.3 is 10.6 Å². The second kappa shape index (κ2) is 6.44. The predicted octanol–water partition coefficient (Wildman–Crippen LogP) is 0.827. The number of likely N-dealkylation sites (N-methyl/N-ethyl adjacent to an activating group) is 1. The number of benzene rings is 1. The van der Waals surface area contributed by atoms with Gasteiger partial charge in [-0.2, -0.15) is 0 Å². The molecule has 2 rings (SSSR count). The highest BCUT2D eigenvalue weighted by Gasteiger charge is 2.20. The Morgan fingerprint density at radius 2 is 2.20 bits per heavy atom. The highest BCUT2D eigenvalue weighted by Crippen LogP contribution is 2.15. The first-order valence-electron chi connectivity index (χ1n) is 6.51. The van der Waals surface area contributed by atoms with Gasteiger partial charge in [0.15, 0.2) is 0 Å². The molecular weight excluding hydrogens is 260 g/mol. The molecule has 7 nitrogen and oxygen atoms in total. The summed E-state index contributed by atoms with van der Waals surface area (Å²) >= 11 is 0. The molecule has 0 saturated carbocycles. The number of nitrogens with one attached hydrogen (secondary N) is 2. The van der Waals surface area contributed by atoms with Crippen molar-refractivity contribution in [3.8, 4) is 0 Å². The third-order valence-corrected chi connectivity index (χ3v) is 3.41. The number of anilines is 1. The number of carbonyl (C=O) groups is 1. The molecule has 1 amide bonds. The van der Waals surface area contributed by atoms with E-state index in [9.17, 15) is 14.9 Å². The molecule has 1 atom stereocenters. The number of nitrogens with zero attached hydrogens (tertiary/aromatic N) is 2. The average Bonchev–Trinajstić information content (AvgIpc) is 2.93. The van der Waals surface area contributed by atoms with Crippen molar-refractivity contribution in [2.75, 3.05) is 32.0 Å². The summed E-state index contributed by atoms with van der Waals surface area (Å²) in [7, 11) is 1.92. The molecule has 2 N–H and O–H groups in total. The molecule has 1 fully saturated rings. The molecule has 0 aliphatic carbocycles. The normalized spacial score (nSPS) is 18.2. The topological polar surface area (TPSA) is 87.5 Å². The number of carbonyl (C=O) groups excluding carboxylic acids is 1. The summed E-state index contributed by atoms with van der Waals surface area (Å²) in [5.41, 5.74) is 0.579. The van der Waals surface area contributed by atoms with E-state index < -0.39 is 4.92 Å². The molecule has 0 bridgehead atoms. The molecule has 0 aromatic heterocycles. The van der Waals surface area contributed by atoms with Gasteiger partial charge in [-0.15, -0.1) is 0 Å². The number of hydrogen-bond acceptors (Lipinski definition) is 5. The number of nitro groups is 1. The van der Waals surface area contributed by atoms with Gasteiger partial charge in [0.1, 0.15) is 0 Å². The standard InChI is InChI=1S/C13H18N4O3/c1-16(12-6-7-14-8-12)9-13(18)15-10-2-4-11(5-3-10)17(19)20/h2-5,12,14H,6-9H2,1H3,(H,15,18). The molecule has 1 saturated heterocycles. The lowest BCUT2D eigenvalue weighted by Gasteiger charge is -2.22. The van der Waals surface area contributed by atoms with Crippen molar-refractivity contribution in [2.45, 2.75) is 12.5 Å². The maximum atomic E-state index is 11.9. The van der Waals surface area contributed by atoms with Crippen molar-refractivity contribution in [3.05, 3.63) is 34.4 Å². The Labute approximate surface area is 117 Å². The molecule has 1 aliphatic rings. The molecular formula is C13H18N4O3. The minimum Gasteiger partial charge on any atom is -0.325 e. The first-order valence-corrected chi connectivity index (χ1v) is 6.51. The summed E-state index contributed by atoms with van der Waals surface area (Å²) < 4.78 is 0. The quantitative estimate of drug-likeness (QED) is 0.615. The number of hydrogen-bond donors (Lipinski definition) is 2. The molecule has 1 heterocycles. The fourth-order valence-electron chi connectivity index (χ4n) is 2.24. The molecule has 108 valence electrons. The highest BCUT2D eigenvalue weighted by molar-refractivity contribution is 5.92. The van der Waals surface area contributed by atoms with E-state index in [1.165, 1.54) is 24.3 Å². The fourth-order valence-corrected chi connectivity index (χ4v) is 2.24. The predicted molar refractivity (Wildman–Crippen MR) is 75.6 cm³/mol. The van der Waals surface area contributed by atoms with Gasteiger partial charge in [-0.05, 0) is 32.1 Å². The van der Waals surface area contributed by atoms with E-state index >= 15 is 0 Å². The van der Waals surface area contributed by atoms with Crippen LogP contribution >= 0.6 is 0 Å². The van der Waals surface area contributed by atoms with Gasteiger partial charge in [0.2, 0.25) is 5.91 Å². The largest absolute Gasteiger partial charge is 0.325 e. The molecule has 1 aliphatic heterocycles. The monoisotopic (exact) mass is 278 g/mol. The van der Waals surface area contributed by atoms with Crippen LogP contribution in [-0.4, -0.2) is 48.5 Å². The molecule has 0 spiro atoms. The Morgan fingerprint density at radius 1 is 1.50 bits per heavy atom. The van der Waals surface area contributed by atoms with Crippen LogP contribution < -0.4 is 10.6 Å². The van der Waals surface area contributed by atoms with Gasteiger partial charge in [-0.25, -0.2) is 0 Å². The molecule has 0 radical (unpaired) electrons. The number of amides is 1. The van der Waals surface area contributed by atoms with Gasteiger partial charge in [0.05, 0.1) is 11.5 Å².